The zero-order chi connectivity index (χ0) is 25.5. The van der Waals surface area contributed by atoms with Gasteiger partial charge in [0.05, 0.1) is 18.3 Å². The Morgan fingerprint density at radius 3 is 1.97 bits per heavy atom. The lowest BCUT2D eigenvalue weighted by molar-refractivity contribution is 0.0364. The highest BCUT2D eigenvalue weighted by Crippen LogP contribution is 2.39. The van der Waals surface area contributed by atoms with E-state index in [4.69, 9.17) is 23.2 Å². The minimum absolute atomic E-state index is 0.0668. The summed E-state index contributed by atoms with van der Waals surface area (Å²) in [6.07, 6.45) is 3.29. The Kier molecular flexibility index (Phi) is 6.80. The SMILES string of the molecule is CC1=CC=N[N+]1(c1ccccc1)S(=O)(=O)N[C@H]1CN(C(c2ccc(Cl)cc2)c2ccc(Cl)cc2)[C@@H]1C. The Bertz CT molecular complexity index is 1360. The maximum absolute atomic E-state index is 13.9. The Labute approximate surface area is 222 Å². The standard InChI is InChI=1S/C27H27Cl2N4O2S/c1-19-16-17-30-33(19,25-6-4-3-5-7-25)36(34,35)31-26-18-32(20(26)2)27(21-8-12-23(28)13-9-21)22-10-14-24(29)15-11-22/h3-17,20,26-27,31H,18H2,1-2H3/q+1/t20-,26+,33?/m1/s1. The molecule has 2 heterocycles. The maximum atomic E-state index is 13.9. The molecule has 1 fully saturated rings. The van der Waals surface area contributed by atoms with E-state index in [1.807, 2.05) is 73.7 Å². The summed E-state index contributed by atoms with van der Waals surface area (Å²) < 4.78 is 30.1. The van der Waals surface area contributed by atoms with Gasteiger partial charge in [-0.05, 0) is 46.3 Å². The lowest BCUT2D eigenvalue weighted by Crippen LogP contribution is -2.69. The molecule has 0 aliphatic carbocycles. The molecule has 2 aliphatic heterocycles. The molecule has 3 aromatic carbocycles. The number of hydrogen-bond donors (Lipinski definition) is 1. The second kappa shape index (κ2) is 9.74. The third-order valence-corrected chi connectivity index (χ3v) is 9.39. The van der Waals surface area contributed by atoms with Crippen LogP contribution in [-0.4, -0.2) is 38.2 Å². The highest BCUT2D eigenvalue weighted by Gasteiger charge is 2.53. The molecule has 2 aliphatic rings. The van der Waals surface area contributed by atoms with Crippen molar-refractivity contribution >= 4 is 45.3 Å². The minimum Gasteiger partial charge on any atom is -0.286 e. The van der Waals surface area contributed by atoms with E-state index in [1.165, 1.54) is 0 Å². The first kappa shape index (κ1) is 25.1. The van der Waals surface area contributed by atoms with Gasteiger partial charge < -0.3 is 0 Å². The lowest BCUT2D eigenvalue weighted by Gasteiger charge is -2.50. The normalized spacial score (nSPS) is 24.1. The average Bonchev–Trinajstić information content (AvgIpc) is 3.28. The van der Waals surface area contributed by atoms with Crippen molar-refractivity contribution in [1.29, 1.82) is 0 Å². The van der Waals surface area contributed by atoms with Gasteiger partial charge in [0.15, 0.2) is 11.4 Å². The molecule has 1 N–H and O–H groups in total. The first-order valence-corrected chi connectivity index (χ1v) is 13.9. The molecular weight excluding hydrogens is 515 g/mol. The van der Waals surface area contributed by atoms with Gasteiger partial charge in [-0.2, -0.15) is 13.1 Å². The number of benzene rings is 3. The van der Waals surface area contributed by atoms with Crippen LogP contribution in [-0.2, 0) is 10.2 Å². The van der Waals surface area contributed by atoms with E-state index in [2.05, 4.69) is 14.7 Å². The van der Waals surface area contributed by atoms with Gasteiger partial charge in [0.2, 0.25) is 0 Å². The number of likely N-dealkylation sites (tertiary alicyclic amines) is 1. The van der Waals surface area contributed by atoms with Crippen LogP contribution in [0.4, 0.5) is 5.69 Å². The summed E-state index contributed by atoms with van der Waals surface area (Å²) in [5.74, 6) is 0. The molecule has 0 bridgehead atoms. The summed E-state index contributed by atoms with van der Waals surface area (Å²) in [5.41, 5.74) is 3.32. The number of nitrogens with one attached hydrogen (secondary N) is 1. The van der Waals surface area contributed by atoms with Crippen molar-refractivity contribution in [3.8, 4) is 0 Å². The fourth-order valence-electron chi connectivity index (χ4n) is 4.97. The van der Waals surface area contributed by atoms with Crippen molar-refractivity contribution in [3.63, 3.8) is 0 Å². The lowest BCUT2D eigenvalue weighted by atomic mass is 9.89. The number of quaternary nitrogens is 1. The van der Waals surface area contributed by atoms with Crippen molar-refractivity contribution in [2.45, 2.75) is 32.0 Å². The molecule has 0 amide bonds. The summed E-state index contributed by atoms with van der Waals surface area (Å²) in [7, 11) is -3.95. The number of rotatable bonds is 7. The summed E-state index contributed by atoms with van der Waals surface area (Å²) in [6, 6.07) is 24.2. The summed E-state index contributed by atoms with van der Waals surface area (Å²) >= 11 is 12.3. The van der Waals surface area contributed by atoms with Gasteiger partial charge in [0.25, 0.3) is 0 Å². The molecule has 0 radical (unpaired) electrons. The minimum atomic E-state index is -3.95. The first-order chi connectivity index (χ1) is 17.2. The van der Waals surface area contributed by atoms with Gasteiger partial charge in [-0.3, -0.25) is 4.90 Å². The van der Waals surface area contributed by atoms with Gasteiger partial charge in [-0.15, -0.1) is 0 Å². The highest BCUT2D eigenvalue weighted by molar-refractivity contribution is 7.89. The van der Waals surface area contributed by atoms with E-state index in [9.17, 15) is 8.42 Å². The van der Waals surface area contributed by atoms with Gasteiger partial charge in [-0.25, -0.2) is 0 Å². The second-order valence-electron chi connectivity index (χ2n) is 9.13. The van der Waals surface area contributed by atoms with E-state index >= 15 is 0 Å². The third-order valence-electron chi connectivity index (χ3n) is 6.99. The monoisotopic (exact) mass is 541 g/mol. The van der Waals surface area contributed by atoms with E-state index < -0.39 is 14.2 Å². The van der Waals surface area contributed by atoms with E-state index in [-0.39, 0.29) is 18.1 Å². The summed E-state index contributed by atoms with van der Waals surface area (Å²) in [5, 5.41) is 5.76. The predicted octanol–water partition coefficient (Wildman–Crippen LogP) is 5.90. The highest BCUT2D eigenvalue weighted by atomic mass is 35.5. The van der Waals surface area contributed by atoms with Crippen LogP contribution < -0.4 is 8.72 Å². The second-order valence-corrected chi connectivity index (χ2v) is 11.7. The Hall–Kier alpha value is -2.52. The average molecular weight is 543 g/mol. The van der Waals surface area contributed by atoms with E-state index in [0.717, 1.165) is 11.1 Å². The summed E-state index contributed by atoms with van der Waals surface area (Å²) in [4.78, 5) is 2.28. The van der Waals surface area contributed by atoms with Gasteiger partial charge in [0.1, 0.15) is 0 Å². The number of hydrogen-bond acceptors (Lipinski definition) is 4. The van der Waals surface area contributed by atoms with Crippen LogP contribution in [0, 0.1) is 0 Å². The third kappa shape index (κ3) is 4.30. The Balaban J connectivity index is 1.43. The van der Waals surface area contributed by atoms with Crippen molar-refractivity contribution in [3.05, 3.63) is 112 Å². The predicted molar refractivity (Wildman–Crippen MR) is 147 cm³/mol. The number of halogens is 2. The quantitative estimate of drug-likeness (QED) is 0.378. The molecule has 1 unspecified atom stereocenters. The molecule has 0 saturated carbocycles. The molecule has 186 valence electrons. The molecule has 6 nitrogen and oxygen atoms in total. The molecule has 3 aromatic rings. The fourth-order valence-corrected chi connectivity index (χ4v) is 7.04. The van der Waals surface area contributed by atoms with Crippen LogP contribution in [0.1, 0.15) is 31.0 Å². The molecule has 0 aromatic heterocycles. The molecule has 9 heteroatoms. The first-order valence-electron chi connectivity index (χ1n) is 11.7. The zero-order valence-corrected chi connectivity index (χ0v) is 22.3. The molecular formula is C27H27Cl2N4O2S+. The van der Waals surface area contributed by atoms with Crippen LogP contribution in [0.25, 0.3) is 0 Å². The van der Waals surface area contributed by atoms with Gasteiger partial charge in [0, 0.05) is 47.8 Å². The van der Waals surface area contributed by atoms with Crippen LogP contribution in [0.2, 0.25) is 10.0 Å². The van der Waals surface area contributed by atoms with Crippen LogP contribution in [0.3, 0.4) is 0 Å². The molecule has 36 heavy (non-hydrogen) atoms. The van der Waals surface area contributed by atoms with Crippen molar-refractivity contribution in [2.75, 3.05) is 6.54 Å². The largest absolute Gasteiger partial charge is 0.404 e. The molecule has 5 rings (SSSR count). The van der Waals surface area contributed by atoms with E-state index in [0.29, 0.717) is 28.0 Å². The molecule has 3 atom stereocenters. The molecule has 1 saturated heterocycles. The van der Waals surface area contributed by atoms with Crippen LogP contribution in [0.5, 0.6) is 0 Å². The summed E-state index contributed by atoms with van der Waals surface area (Å²) in [6.45, 7) is 4.36. The topological polar surface area (TPSA) is 61.8 Å². The van der Waals surface area contributed by atoms with Crippen molar-refractivity contribution < 1.29 is 8.42 Å². The van der Waals surface area contributed by atoms with E-state index in [1.54, 1.807) is 31.3 Å². The number of allylic oxidation sites excluding steroid dienone is 2. The smallest absolute Gasteiger partial charge is 0.286 e. The number of nitrogens with zero attached hydrogens (tertiary/aromatic N) is 3. The Morgan fingerprint density at radius 2 is 1.50 bits per heavy atom. The fraction of sp³-hybridized carbons (Fsp3) is 0.222. The van der Waals surface area contributed by atoms with Crippen LogP contribution >= 0.6 is 23.2 Å². The van der Waals surface area contributed by atoms with Crippen molar-refractivity contribution in [2.24, 2.45) is 5.10 Å². The zero-order valence-electron chi connectivity index (χ0n) is 19.9. The van der Waals surface area contributed by atoms with Crippen molar-refractivity contribution in [1.82, 2.24) is 13.6 Å². The Morgan fingerprint density at radius 1 is 0.944 bits per heavy atom. The van der Waals surface area contributed by atoms with Crippen LogP contribution in [0.15, 0.2) is 95.7 Å². The van der Waals surface area contributed by atoms with Gasteiger partial charge in [-0.1, -0.05) is 70.8 Å². The maximum Gasteiger partial charge on any atom is 0.404 e. The van der Waals surface area contributed by atoms with Gasteiger partial charge >= 0.3 is 10.2 Å². The number of para-hydroxylation sites is 1. The molecule has 0 spiro atoms.